The Morgan fingerprint density at radius 1 is 1.38 bits per heavy atom. The normalized spacial score (nSPS) is 11.0. The highest BCUT2D eigenvalue weighted by molar-refractivity contribution is 6.43. The zero-order valence-electron chi connectivity index (χ0n) is 6.70. The maximum atomic E-state index is 11.1. The SMILES string of the molecule is O=C(Nc1ccccc1)/C(Cl)=C\O. The molecule has 0 atom stereocenters. The van der Waals surface area contributed by atoms with Crippen molar-refractivity contribution >= 4 is 23.2 Å². The highest BCUT2D eigenvalue weighted by atomic mass is 35.5. The third kappa shape index (κ3) is 2.80. The second kappa shape index (κ2) is 4.52. The predicted molar refractivity (Wildman–Crippen MR) is 51.6 cm³/mol. The summed E-state index contributed by atoms with van der Waals surface area (Å²) in [6.07, 6.45) is 0.555. The quantitative estimate of drug-likeness (QED) is 0.565. The minimum absolute atomic E-state index is 0.246. The molecule has 0 unspecified atom stereocenters. The summed E-state index contributed by atoms with van der Waals surface area (Å²) in [5.41, 5.74) is 0.632. The van der Waals surface area contributed by atoms with Crippen molar-refractivity contribution < 1.29 is 9.90 Å². The minimum Gasteiger partial charge on any atom is -0.514 e. The van der Waals surface area contributed by atoms with Crippen molar-refractivity contribution in [3.8, 4) is 0 Å². The van der Waals surface area contributed by atoms with Crippen molar-refractivity contribution in [3.05, 3.63) is 41.6 Å². The molecule has 0 fully saturated rings. The lowest BCUT2D eigenvalue weighted by Crippen LogP contribution is -2.11. The van der Waals surface area contributed by atoms with Crippen molar-refractivity contribution in [1.82, 2.24) is 0 Å². The van der Waals surface area contributed by atoms with Gasteiger partial charge in [0.2, 0.25) is 0 Å². The minimum atomic E-state index is -0.532. The van der Waals surface area contributed by atoms with Gasteiger partial charge in [0.05, 0.1) is 0 Å². The van der Waals surface area contributed by atoms with Crippen LogP contribution in [-0.4, -0.2) is 11.0 Å². The van der Waals surface area contributed by atoms with Gasteiger partial charge in [-0.15, -0.1) is 0 Å². The number of halogens is 1. The Morgan fingerprint density at radius 2 is 2.00 bits per heavy atom. The van der Waals surface area contributed by atoms with E-state index in [0.717, 1.165) is 0 Å². The van der Waals surface area contributed by atoms with Crippen LogP contribution in [0.4, 0.5) is 5.69 Å². The number of hydrogen-bond donors (Lipinski definition) is 2. The first kappa shape index (κ1) is 9.61. The summed E-state index contributed by atoms with van der Waals surface area (Å²) in [5, 5.41) is 10.7. The zero-order chi connectivity index (χ0) is 9.68. The number of anilines is 1. The van der Waals surface area contributed by atoms with Crippen LogP contribution in [0, 0.1) is 0 Å². The molecule has 1 rings (SSSR count). The molecule has 1 aromatic rings. The first-order valence-corrected chi connectivity index (χ1v) is 3.98. The van der Waals surface area contributed by atoms with Crippen LogP contribution in [0.1, 0.15) is 0 Å². The van der Waals surface area contributed by atoms with E-state index in [1.807, 2.05) is 6.07 Å². The topological polar surface area (TPSA) is 49.3 Å². The van der Waals surface area contributed by atoms with Crippen LogP contribution in [0.3, 0.4) is 0 Å². The number of aliphatic hydroxyl groups excluding tert-OH is 1. The van der Waals surface area contributed by atoms with Crippen molar-refractivity contribution in [2.24, 2.45) is 0 Å². The van der Waals surface area contributed by atoms with Crippen LogP contribution in [-0.2, 0) is 4.79 Å². The van der Waals surface area contributed by atoms with Gasteiger partial charge in [0, 0.05) is 5.69 Å². The smallest absolute Gasteiger partial charge is 0.270 e. The van der Waals surface area contributed by atoms with Crippen molar-refractivity contribution in [3.63, 3.8) is 0 Å². The molecule has 0 bridgehead atoms. The van der Waals surface area contributed by atoms with Gasteiger partial charge in [0.15, 0.2) is 0 Å². The number of benzene rings is 1. The molecule has 0 aliphatic carbocycles. The number of para-hydroxylation sites is 1. The van der Waals surface area contributed by atoms with Gasteiger partial charge in [-0.25, -0.2) is 0 Å². The molecule has 1 aromatic carbocycles. The summed E-state index contributed by atoms with van der Waals surface area (Å²) in [5.74, 6) is -0.532. The standard InChI is InChI=1S/C9H8ClNO2/c10-8(6-12)9(13)11-7-4-2-1-3-5-7/h1-6,12H,(H,11,13)/b8-6+. The van der Waals surface area contributed by atoms with E-state index in [9.17, 15) is 4.79 Å². The number of carbonyl (C=O) groups excluding carboxylic acids is 1. The average molecular weight is 198 g/mol. The summed E-state index contributed by atoms with van der Waals surface area (Å²) in [6.45, 7) is 0. The van der Waals surface area contributed by atoms with E-state index in [4.69, 9.17) is 16.7 Å². The summed E-state index contributed by atoms with van der Waals surface area (Å²) in [4.78, 5) is 11.1. The van der Waals surface area contributed by atoms with Crippen LogP contribution in [0.25, 0.3) is 0 Å². The number of nitrogens with one attached hydrogen (secondary N) is 1. The molecular formula is C9H8ClNO2. The predicted octanol–water partition coefficient (Wildman–Crippen LogP) is 2.26. The second-order valence-corrected chi connectivity index (χ2v) is 2.70. The number of amides is 1. The maximum Gasteiger partial charge on any atom is 0.270 e. The van der Waals surface area contributed by atoms with Crippen LogP contribution < -0.4 is 5.32 Å². The van der Waals surface area contributed by atoms with Gasteiger partial charge in [-0.05, 0) is 12.1 Å². The molecule has 0 spiro atoms. The number of carbonyl (C=O) groups is 1. The molecule has 0 saturated carbocycles. The molecular weight excluding hydrogens is 190 g/mol. The summed E-state index contributed by atoms with van der Waals surface area (Å²) in [6, 6.07) is 8.84. The van der Waals surface area contributed by atoms with E-state index >= 15 is 0 Å². The van der Waals surface area contributed by atoms with E-state index in [-0.39, 0.29) is 5.03 Å². The van der Waals surface area contributed by atoms with Gasteiger partial charge in [0.25, 0.3) is 5.91 Å². The molecule has 13 heavy (non-hydrogen) atoms. The van der Waals surface area contributed by atoms with Crippen molar-refractivity contribution in [2.45, 2.75) is 0 Å². The van der Waals surface area contributed by atoms with E-state index < -0.39 is 5.91 Å². The molecule has 0 aromatic heterocycles. The van der Waals surface area contributed by atoms with Gasteiger partial charge in [-0.2, -0.15) is 0 Å². The van der Waals surface area contributed by atoms with Crippen LogP contribution in [0.5, 0.6) is 0 Å². The fraction of sp³-hybridized carbons (Fsp3) is 0. The zero-order valence-corrected chi connectivity index (χ0v) is 7.45. The van der Waals surface area contributed by atoms with Crippen molar-refractivity contribution in [2.75, 3.05) is 5.32 Å². The fourth-order valence-electron chi connectivity index (χ4n) is 0.771. The number of hydrogen-bond acceptors (Lipinski definition) is 2. The van der Waals surface area contributed by atoms with Gasteiger partial charge in [-0.1, -0.05) is 29.8 Å². The van der Waals surface area contributed by atoms with E-state index in [1.54, 1.807) is 24.3 Å². The molecule has 0 saturated heterocycles. The second-order valence-electron chi connectivity index (χ2n) is 2.30. The molecule has 0 heterocycles. The third-order valence-electron chi connectivity index (χ3n) is 1.36. The summed E-state index contributed by atoms with van der Waals surface area (Å²) < 4.78 is 0. The Morgan fingerprint density at radius 3 is 2.54 bits per heavy atom. The van der Waals surface area contributed by atoms with Gasteiger partial charge >= 0.3 is 0 Å². The average Bonchev–Trinajstić information content (AvgIpc) is 2.18. The Kier molecular flexibility index (Phi) is 3.34. The monoisotopic (exact) mass is 197 g/mol. The lowest BCUT2D eigenvalue weighted by Gasteiger charge is -2.01. The molecule has 1 amide bonds. The maximum absolute atomic E-state index is 11.1. The van der Waals surface area contributed by atoms with Gasteiger partial charge in [0.1, 0.15) is 11.3 Å². The molecule has 0 aliphatic heterocycles. The Labute approximate surface area is 80.6 Å². The van der Waals surface area contributed by atoms with Crippen LogP contribution in [0.2, 0.25) is 0 Å². The molecule has 0 aliphatic rings. The van der Waals surface area contributed by atoms with Gasteiger partial charge < -0.3 is 10.4 Å². The van der Waals surface area contributed by atoms with Crippen molar-refractivity contribution in [1.29, 1.82) is 0 Å². The molecule has 4 heteroatoms. The third-order valence-corrected chi connectivity index (χ3v) is 1.63. The van der Waals surface area contributed by atoms with Crippen LogP contribution >= 0.6 is 11.6 Å². The Balaban J connectivity index is 2.66. The Hall–Kier alpha value is -1.48. The molecule has 3 nitrogen and oxygen atoms in total. The highest BCUT2D eigenvalue weighted by Gasteiger charge is 2.05. The number of rotatable bonds is 2. The lowest BCUT2D eigenvalue weighted by molar-refractivity contribution is -0.112. The first-order valence-electron chi connectivity index (χ1n) is 3.60. The molecule has 68 valence electrons. The molecule has 2 N–H and O–H groups in total. The fourth-order valence-corrected chi connectivity index (χ4v) is 0.818. The first-order chi connectivity index (χ1) is 6.24. The Bertz CT molecular complexity index is 322. The van der Waals surface area contributed by atoms with E-state index in [2.05, 4.69) is 5.32 Å². The van der Waals surface area contributed by atoms with Crippen LogP contribution in [0.15, 0.2) is 41.6 Å². The largest absolute Gasteiger partial charge is 0.514 e. The highest BCUT2D eigenvalue weighted by Crippen LogP contribution is 2.08. The summed E-state index contributed by atoms with van der Waals surface area (Å²) in [7, 11) is 0. The van der Waals surface area contributed by atoms with E-state index in [0.29, 0.717) is 11.9 Å². The lowest BCUT2D eigenvalue weighted by atomic mass is 10.3. The molecule has 0 radical (unpaired) electrons. The summed E-state index contributed by atoms with van der Waals surface area (Å²) >= 11 is 5.36. The van der Waals surface area contributed by atoms with E-state index in [1.165, 1.54) is 0 Å². The van der Waals surface area contributed by atoms with Gasteiger partial charge in [-0.3, -0.25) is 4.79 Å². The number of aliphatic hydroxyl groups is 1.